The Morgan fingerprint density at radius 1 is 0.852 bits per heavy atom. The molecule has 2 aromatic rings. The molecule has 308 valence electrons. The van der Waals surface area contributed by atoms with Gasteiger partial charge in [0.25, 0.3) is 0 Å². The number of nitrogens with zero attached hydrogens (tertiary/aromatic N) is 4. The van der Waals surface area contributed by atoms with E-state index in [9.17, 15) is 9.59 Å². The minimum atomic E-state index is -4.64. The Hall–Kier alpha value is -3.07. The van der Waals surface area contributed by atoms with Crippen LogP contribution in [-0.2, 0) is 31.7 Å². The number of nitrogens with one attached hydrogen (secondary N) is 5. The number of oxazole rings is 1. The maximum absolute atomic E-state index is 12.4. The highest BCUT2D eigenvalue weighted by molar-refractivity contribution is 7.45. The molecule has 0 spiro atoms. The summed E-state index contributed by atoms with van der Waals surface area (Å²) in [6, 6.07) is 2.85. The Bertz CT molecular complexity index is 1440. The molecule has 1 saturated carbocycles. The zero-order valence-electron chi connectivity index (χ0n) is 30.6. The highest BCUT2D eigenvalue weighted by Gasteiger charge is 2.23. The fourth-order valence-electron chi connectivity index (χ4n) is 5.80. The molecule has 1 amide bonds. The number of anilines is 2. The third-order valence-corrected chi connectivity index (χ3v) is 8.20. The Labute approximate surface area is 314 Å². The lowest BCUT2D eigenvalue weighted by molar-refractivity contribution is -0.136. The van der Waals surface area contributed by atoms with Gasteiger partial charge in [-0.1, -0.05) is 19.3 Å². The summed E-state index contributed by atoms with van der Waals surface area (Å²) in [5, 5.41) is 25.4. The van der Waals surface area contributed by atoms with Gasteiger partial charge < -0.3 is 70.4 Å². The van der Waals surface area contributed by atoms with Crippen molar-refractivity contribution in [2.24, 2.45) is 0 Å². The predicted molar refractivity (Wildman–Crippen MR) is 198 cm³/mol. The zero-order chi connectivity index (χ0) is 40.0. The van der Waals surface area contributed by atoms with Crippen molar-refractivity contribution < 1.29 is 57.6 Å². The number of carboxylic acid groups (broad SMARTS) is 1. The minimum Gasteiger partial charge on any atom is -0.480 e. The van der Waals surface area contributed by atoms with Crippen molar-refractivity contribution >= 4 is 39.3 Å². The van der Waals surface area contributed by atoms with Gasteiger partial charge in [-0.2, -0.15) is 4.98 Å². The molecule has 4 rings (SSSR count). The van der Waals surface area contributed by atoms with Gasteiger partial charge in [-0.15, -0.1) is 0 Å². The van der Waals surface area contributed by atoms with E-state index in [1.54, 1.807) is 6.26 Å². The normalized spacial score (nSPS) is 15.4. The summed E-state index contributed by atoms with van der Waals surface area (Å²) in [6.07, 6.45) is 13.5. The number of carbonyl (C=O) groups excluding carboxylic acids is 1. The van der Waals surface area contributed by atoms with E-state index in [-0.39, 0.29) is 18.5 Å². The number of hydrogen-bond donors (Lipinski definition) is 12. The number of rotatable bonds is 19. The predicted octanol–water partition coefficient (Wildman–Crippen LogP) is 0.830. The van der Waals surface area contributed by atoms with Crippen LogP contribution in [0.15, 0.2) is 16.7 Å². The van der Waals surface area contributed by atoms with Gasteiger partial charge in [-0.25, -0.2) is 19.1 Å². The number of aryl methyl sites for hydroxylation is 2. The first-order chi connectivity index (χ1) is 25.4. The fraction of sp³-hybridized carbons (Fsp3) is 0.710. The number of likely N-dealkylation sites (tertiary alicyclic amines) is 1. The maximum Gasteiger partial charge on any atom is 0.466 e. The van der Waals surface area contributed by atoms with Crippen LogP contribution >= 0.6 is 15.6 Å². The molecule has 12 N–H and O–H groups in total. The molecule has 2 aliphatic rings. The summed E-state index contributed by atoms with van der Waals surface area (Å²) in [5.74, 6) is 0.984. The SMILES string of the molecule is Cc1cc(NC2CCN(C(=O)CCNCC(=O)O)CC2)nc(NCc2nc(CCCNCCCNC3CCCCC3)co2)n1.O=P(O)(O)O.O=P(O)(O)O. The Balaban J connectivity index is 0.000000892. The van der Waals surface area contributed by atoms with Crippen LogP contribution in [0.3, 0.4) is 0 Å². The standard InChI is InChI=1S/C31H51N9O4.2H3O4P/c1-23-19-27(37-25-11-17-40(18-12-25)29(41)10-16-33-21-30(42)43)39-31(36-23)35-20-28-38-26(22-44-28)9-5-13-32-14-6-15-34-24-7-3-2-4-8-24;2*1-5(2,3)4/h19,22,24-25,32-34H,2-18,20-21H2,1H3,(H,42,43)(H2,35,36,37,39);2*(H3,1,2,3,4). The van der Waals surface area contributed by atoms with Crippen molar-refractivity contribution in [1.82, 2.24) is 35.8 Å². The van der Waals surface area contributed by atoms with E-state index in [0.29, 0.717) is 44.4 Å². The van der Waals surface area contributed by atoms with E-state index in [0.717, 1.165) is 75.0 Å². The molecule has 0 bridgehead atoms. The van der Waals surface area contributed by atoms with Crippen LogP contribution in [-0.4, -0.2) is 124 Å². The first-order valence-electron chi connectivity index (χ1n) is 17.9. The summed E-state index contributed by atoms with van der Waals surface area (Å²) < 4.78 is 23.4. The Morgan fingerprint density at radius 3 is 2.15 bits per heavy atom. The third kappa shape index (κ3) is 25.1. The van der Waals surface area contributed by atoms with Gasteiger partial charge in [0.15, 0.2) is 0 Å². The number of carboxylic acids is 1. The highest BCUT2D eigenvalue weighted by atomic mass is 31.2. The van der Waals surface area contributed by atoms with E-state index in [1.807, 2.05) is 17.9 Å². The molecule has 1 aliphatic heterocycles. The second kappa shape index (κ2) is 25.2. The van der Waals surface area contributed by atoms with Crippen molar-refractivity contribution in [1.29, 1.82) is 0 Å². The molecule has 2 fully saturated rings. The number of phosphoric acid groups is 2. The molecule has 0 aromatic carbocycles. The zero-order valence-corrected chi connectivity index (χ0v) is 32.4. The number of aliphatic carboxylic acids is 1. The van der Waals surface area contributed by atoms with Crippen molar-refractivity contribution in [3.05, 3.63) is 29.6 Å². The van der Waals surface area contributed by atoms with Crippen molar-refractivity contribution in [3.8, 4) is 0 Å². The summed E-state index contributed by atoms with van der Waals surface area (Å²) in [6.45, 7) is 6.98. The van der Waals surface area contributed by atoms with Crippen LogP contribution in [0.5, 0.6) is 0 Å². The second-order valence-corrected chi connectivity index (χ2v) is 15.0. The van der Waals surface area contributed by atoms with Crippen LogP contribution in [0.1, 0.15) is 81.5 Å². The van der Waals surface area contributed by atoms with E-state index in [2.05, 4.69) is 41.5 Å². The molecule has 0 atom stereocenters. The number of carbonyl (C=O) groups is 2. The molecule has 0 unspecified atom stereocenters. The van der Waals surface area contributed by atoms with Crippen LogP contribution in [0.4, 0.5) is 11.8 Å². The largest absolute Gasteiger partial charge is 0.480 e. The lowest BCUT2D eigenvalue weighted by Gasteiger charge is -2.32. The highest BCUT2D eigenvalue weighted by Crippen LogP contribution is 2.26. The molecule has 2 aromatic heterocycles. The molecule has 1 saturated heterocycles. The van der Waals surface area contributed by atoms with E-state index in [4.69, 9.17) is 48.0 Å². The molecular weight excluding hydrogens is 752 g/mol. The molecule has 21 nitrogen and oxygen atoms in total. The lowest BCUT2D eigenvalue weighted by Crippen LogP contribution is -2.43. The van der Waals surface area contributed by atoms with Crippen molar-refractivity contribution in [2.75, 3.05) is 56.4 Å². The number of piperidine rings is 1. The Kier molecular flexibility index (Phi) is 21.9. The van der Waals surface area contributed by atoms with E-state index in [1.165, 1.54) is 32.1 Å². The van der Waals surface area contributed by atoms with Gasteiger partial charge in [-0.05, 0) is 71.5 Å². The molecular formula is C31H57N9O12P2. The average molecular weight is 810 g/mol. The second-order valence-electron chi connectivity index (χ2n) is 12.9. The molecule has 1 aliphatic carbocycles. The molecule has 54 heavy (non-hydrogen) atoms. The van der Waals surface area contributed by atoms with Gasteiger partial charge in [0.05, 0.1) is 18.8 Å². The third-order valence-electron chi connectivity index (χ3n) is 8.20. The van der Waals surface area contributed by atoms with Gasteiger partial charge in [0.1, 0.15) is 12.1 Å². The lowest BCUT2D eigenvalue weighted by atomic mass is 9.95. The molecule has 0 radical (unpaired) electrons. The summed E-state index contributed by atoms with van der Waals surface area (Å²) >= 11 is 0. The molecule has 23 heteroatoms. The minimum absolute atomic E-state index is 0.0464. The fourth-order valence-corrected chi connectivity index (χ4v) is 5.80. The van der Waals surface area contributed by atoms with Gasteiger partial charge >= 0.3 is 21.6 Å². The first-order valence-corrected chi connectivity index (χ1v) is 21.1. The smallest absolute Gasteiger partial charge is 0.466 e. The van der Waals surface area contributed by atoms with Crippen molar-refractivity contribution in [3.63, 3.8) is 0 Å². The van der Waals surface area contributed by atoms with Crippen LogP contribution in [0.25, 0.3) is 0 Å². The van der Waals surface area contributed by atoms with E-state index >= 15 is 0 Å². The summed E-state index contributed by atoms with van der Waals surface area (Å²) in [5.41, 5.74) is 1.80. The van der Waals surface area contributed by atoms with Crippen LogP contribution in [0, 0.1) is 6.92 Å². The first kappa shape index (κ1) is 47.1. The quantitative estimate of drug-likeness (QED) is 0.0690. The summed E-state index contributed by atoms with van der Waals surface area (Å²) in [4.78, 5) is 81.7. The monoisotopic (exact) mass is 809 g/mol. The van der Waals surface area contributed by atoms with E-state index < -0.39 is 21.6 Å². The van der Waals surface area contributed by atoms with Gasteiger partial charge in [0.2, 0.25) is 17.7 Å². The van der Waals surface area contributed by atoms with Gasteiger partial charge in [-0.3, -0.25) is 9.59 Å². The number of amides is 1. The average Bonchev–Trinajstić information content (AvgIpc) is 3.53. The maximum atomic E-state index is 12.4. The summed E-state index contributed by atoms with van der Waals surface area (Å²) in [7, 11) is -9.28. The molecule has 3 heterocycles. The van der Waals surface area contributed by atoms with Crippen LogP contribution in [0.2, 0.25) is 0 Å². The van der Waals surface area contributed by atoms with Crippen molar-refractivity contribution in [2.45, 2.75) is 96.2 Å². The van der Waals surface area contributed by atoms with Gasteiger partial charge in [0, 0.05) is 49.9 Å². The topological polar surface area (TPSA) is 325 Å². The number of hydrogen-bond acceptors (Lipinski definition) is 13. The Morgan fingerprint density at radius 2 is 1.50 bits per heavy atom. The van der Waals surface area contributed by atoms with Crippen LogP contribution < -0.4 is 26.6 Å². The number of aromatic nitrogens is 3.